The van der Waals surface area contributed by atoms with Crippen LogP contribution in [0.1, 0.15) is 69.5 Å². The van der Waals surface area contributed by atoms with Gasteiger partial charge in [0.15, 0.2) is 0 Å². The molecule has 0 unspecified atom stereocenters. The van der Waals surface area contributed by atoms with Gasteiger partial charge >= 0.3 is 0 Å². The Morgan fingerprint density at radius 2 is 1.89 bits per heavy atom. The van der Waals surface area contributed by atoms with Crippen molar-refractivity contribution in [1.29, 1.82) is 0 Å². The van der Waals surface area contributed by atoms with Crippen LogP contribution in [0.5, 0.6) is 5.75 Å². The summed E-state index contributed by atoms with van der Waals surface area (Å²) in [6.45, 7) is 5.97. The molecule has 0 aliphatic heterocycles. The number of para-hydroxylation sites is 1. The van der Waals surface area contributed by atoms with E-state index in [1.165, 1.54) is 6.42 Å². The van der Waals surface area contributed by atoms with Gasteiger partial charge in [-0.1, -0.05) is 44.7 Å². The molecule has 2 aromatic rings. The van der Waals surface area contributed by atoms with E-state index in [0.29, 0.717) is 19.6 Å². The molecular weight excluding hydrogens is 338 g/mol. The van der Waals surface area contributed by atoms with E-state index in [4.69, 9.17) is 14.5 Å². The maximum atomic E-state index is 10.6. The van der Waals surface area contributed by atoms with Gasteiger partial charge in [-0.15, -0.1) is 0 Å². The minimum Gasteiger partial charge on any atom is -0.493 e. The normalized spacial score (nSPS) is 16.6. The number of ether oxygens (including phenoxy) is 2. The summed E-state index contributed by atoms with van der Waals surface area (Å²) >= 11 is 0. The van der Waals surface area contributed by atoms with Gasteiger partial charge in [-0.05, 0) is 44.7 Å². The molecule has 1 heterocycles. The lowest BCUT2D eigenvalue weighted by Gasteiger charge is -2.31. The Kier molecular flexibility index (Phi) is 7.08. The van der Waals surface area contributed by atoms with Gasteiger partial charge in [0, 0.05) is 17.6 Å². The fourth-order valence-corrected chi connectivity index (χ4v) is 3.86. The molecule has 0 radical (unpaired) electrons. The summed E-state index contributed by atoms with van der Waals surface area (Å²) in [7, 11) is 0. The van der Waals surface area contributed by atoms with Crippen molar-refractivity contribution in [3.8, 4) is 5.75 Å². The smallest absolute Gasteiger partial charge is 0.133 e. The van der Waals surface area contributed by atoms with Crippen molar-refractivity contribution >= 4 is 10.9 Å². The highest BCUT2D eigenvalue weighted by Crippen LogP contribution is 2.32. The van der Waals surface area contributed by atoms with Crippen molar-refractivity contribution in [3.05, 3.63) is 35.5 Å². The summed E-state index contributed by atoms with van der Waals surface area (Å²) in [6, 6.07) is 8.12. The highest BCUT2D eigenvalue weighted by atomic mass is 16.5. The molecule has 0 bridgehead atoms. The van der Waals surface area contributed by atoms with Crippen molar-refractivity contribution in [2.24, 2.45) is 0 Å². The molecule has 0 saturated heterocycles. The van der Waals surface area contributed by atoms with Crippen LogP contribution in [-0.4, -0.2) is 28.9 Å². The third-order valence-electron chi connectivity index (χ3n) is 5.66. The average molecular weight is 372 g/mol. The Labute approximate surface area is 162 Å². The van der Waals surface area contributed by atoms with Crippen molar-refractivity contribution in [2.75, 3.05) is 13.2 Å². The average Bonchev–Trinajstić information content (AvgIpc) is 2.68. The minimum absolute atomic E-state index is 0.455. The summed E-state index contributed by atoms with van der Waals surface area (Å²) < 4.78 is 12.0. The highest BCUT2D eigenvalue weighted by Gasteiger charge is 2.28. The fraction of sp³-hybridized carbons (Fsp3) is 0.609. The molecule has 1 aliphatic carbocycles. The second kappa shape index (κ2) is 9.52. The quantitative estimate of drug-likeness (QED) is 0.606. The second-order valence-corrected chi connectivity index (χ2v) is 7.82. The zero-order chi connectivity index (χ0) is 19.1. The molecule has 0 spiro atoms. The maximum absolute atomic E-state index is 10.6. The largest absolute Gasteiger partial charge is 0.493 e. The fourth-order valence-electron chi connectivity index (χ4n) is 3.86. The number of rotatable bonds is 9. The Balaban J connectivity index is 1.67. The number of benzene rings is 1. The first-order valence-electron chi connectivity index (χ1n) is 10.4. The first kappa shape index (κ1) is 20.1. The van der Waals surface area contributed by atoms with E-state index in [9.17, 15) is 5.11 Å². The van der Waals surface area contributed by atoms with Crippen LogP contribution in [0.15, 0.2) is 24.3 Å². The number of aromatic nitrogens is 1. The van der Waals surface area contributed by atoms with Gasteiger partial charge < -0.3 is 14.6 Å². The van der Waals surface area contributed by atoms with E-state index in [2.05, 4.69) is 19.9 Å². The van der Waals surface area contributed by atoms with E-state index in [1.807, 2.05) is 18.2 Å². The molecule has 148 valence electrons. The minimum atomic E-state index is -0.529. The molecule has 1 aromatic carbocycles. The zero-order valence-electron chi connectivity index (χ0n) is 16.8. The van der Waals surface area contributed by atoms with E-state index >= 15 is 0 Å². The molecule has 27 heavy (non-hydrogen) atoms. The first-order valence-corrected chi connectivity index (χ1v) is 10.4. The first-order chi connectivity index (χ1) is 13.1. The van der Waals surface area contributed by atoms with Crippen LogP contribution in [0.3, 0.4) is 0 Å². The summed E-state index contributed by atoms with van der Waals surface area (Å²) in [5.41, 5.74) is 2.40. The topological polar surface area (TPSA) is 51.6 Å². The monoisotopic (exact) mass is 371 g/mol. The predicted octanol–water partition coefficient (Wildman–Crippen LogP) is 5.32. The SMILES string of the molecule is CCCCOc1c(C)c(COCCC2(O)CCCCC2)nc2ccccc12. The van der Waals surface area contributed by atoms with Gasteiger partial charge in [0.25, 0.3) is 0 Å². The van der Waals surface area contributed by atoms with Crippen LogP contribution in [0.2, 0.25) is 0 Å². The zero-order valence-corrected chi connectivity index (χ0v) is 16.8. The molecule has 0 amide bonds. The van der Waals surface area contributed by atoms with Gasteiger partial charge in [-0.2, -0.15) is 0 Å². The van der Waals surface area contributed by atoms with Crippen LogP contribution in [0.25, 0.3) is 10.9 Å². The van der Waals surface area contributed by atoms with Crippen LogP contribution in [0.4, 0.5) is 0 Å². The lowest BCUT2D eigenvalue weighted by molar-refractivity contribution is -0.0300. The van der Waals surface area contributed by atoms with Crippen molar-refractivity contribution in [2.45, 2.75) is 77.4 Å². The van der Waals surface area contributed by atoms with Gasteiger partial charge in [0.05, 0.1) is 30.0 Å². The number of pyridine rings is 1. The van der Waals surface area contributed by atoms with Crippen LogP contribution >= 0.6 is 0 Å². The number of nitrogens with zero attached hydrogens (tertiary/aromatic N) is 1. The summed E-state index contributed by atoms with van der Waals surface area (Å²) in [6.07, 6.45) is 8.16. The number of hydrogen-bond acceptors (Lipinski definition) is 4. The van der Waals surface area contributed by atoms with Crippen LogP contribution in [0, 0.1) is 6.92 Å². The van der Waals surface area contributed by atoms with Crippen molar-refractivity contribution in [3.63, 3.8) is 0 Å². The van der Waals surface area contributed by atoms with E-state index in [0.717, 1.165) is 73.0 Å². The summed E-state index contributed by atoms with van der Waals surface area (Å²) in [5.74, 6) is 0.929. The molecule has 1 N–H and O–H groups in total. The number of fused-ring (bicyclic) bond motifs is 1. The Morgan fingerprint density at radius 1 is 1.11 bits per heavy atom. The molecular formula is C23H33NO3. The molecule has 1 fully saturated rings. The maximum Gasteiger partial charge on any atom is 0.133 e. The second-order valence-electron chi connectivity index (χ2n) is 7.82. The van der Waals surface area contributed by atoms with Crippen LogP contribution in [-0.2, 0) is 11.3 Å². The predicted molar refractivity (Wildman–Crippen MR) is 109 cm³/mol. The summed E-state index contributed by atoms with van der Waals surface area (Å²) in [5, 5.41) is 11.7. The lowest BCUT2D eigenvalue weighted by Crippen LogP contribution is -2.32. The number of aliphatic hydroxyl groups is 1. The van der Waals surface area contributed by atoms with Crippen molar-refractivity contribution in [1.82, 2.24) is 4.98 Å². The highest BCUT2D eigenvalue weighted by molar-refractivity contribution is 5.86. The van der Waals surface area contributed by atoms with E-state index in [1.54, 1.807) is 0 Å². The lowest BCUT2D eigenvalue weighted by atomic mass is 9.83. The van der Waals surface area contributed by atoms with Gasteiger partial charge in [-0.25, -0.2) is 4.98 Å². The van der Waals surface area contributed by atoms with Gasteiger partial charge in [-0.3, -0.25) is 0 Å². The molecule has 1 aromatic heterocycles. The molecule has 4 nitrogen and oxygen atoms in total. The van der Waals surface area contributed by atoms with E-state index in [-0.39, 0.29) is 0 Å². The number of hydrogen-bond donors (Lipinski definition) is 1. The number of unbranched alkanes of at least 4 members (excludes halogenated alkanes) is 1. The standard InChI is InChI=1S/C23H33NO3/c1-3-4-15-27-22-18(2)21(24-20-11-7-6-10-19(20)22)17-26-16-14-23(25)12-8-5-9-13-23/h6-7,10-11,25H,3-5,8-9,12-17H2,1-2H3. The summed E-state index contributed by atoms with van der Waals surface area (Å²) in [4.78, 5) is 4.80. The van der Waals surface area contributed by atoms with Gasteiger partial charge in [0.1, 0.15) is 5.75 Å². The third-order valence-corrected chi connectivity index (χ3v) is 5.66. The van der Waals surface area contributed by atoms with Gasteiger partial charge in [0.2, 0.25) is 0 Å². The Hall–Kier alpha value is -1.65. The van der Waals surface area contributed by atoms with E-state index < -0.39 is 5.60 Å². The third kappa shape index (κ3) is 5.20. The molecule has 1 aliphatic rings. The molecule has 4 heteroatoms. The molecule has 0 atom stereocenters. The molecule has 3 rings (SSSR count). The van der Waals surface area contributed by atoms with Crippen molar-refractivity contribution < 1.29 is 14.6 Å². The van der Waals surface area contributed by atoms with Crippen LogP contribution < -0.4 is 4.74 Å². The Bertz CT molecular complexity index is 738. The molecule has 1 saturated carbocycles. The Morgan fingerprint density at radius 3 is 2.67 bits per heavy atom.